The van der Waals surface area contributed by atoms with Gasteiger partial charge in [0.25, 0.3) is 11.5 Å². The molecule has 3 amide bonds. The summed E-state index contributed by atoms with van der Waals surface area (Å²) in [7, 11) is 0. The summed E-state index contributed by atoms with van der Waals surface area (Å²) in [4.78, 5) is 61.1. The van der Waals surface area contributed by atoms with Crippen LogP contribution in [0.2, 0.25) is 0 Å². The molecule has 4 aromatic rings. The van der Waals surface area contributed by atoms with E-state index in [0.29, 0.717) is 37.6 Å². The maximum Gasteiger partial charge on any atom is 0.416 e. The van der Waals surface area contributed by atoms with Gasteiger partial charge in [-0.3, -0.25) is 19.2 Å². The first kappa shape index (κ1) is 36.2. The summed E-state index contributed by atoms with van der Waals surface area (Å²) in [6.45, 7) is 4.29. The standard InChI is InChI=1S/C35H36F4N8O5/c1-3-27-30(45-14-12-44(13-15-45)29(49)19-40-32(50)24-6-4-5-7-25(24)36)33(51)47-34(42-31(43-47)22-10-16-52-17-11-22)46(27)20-28(48)41-26-9-8-23(18-21(26)2)35(37,38)39/h4-10,18H,3,11-17,19-20H2,1-2H3,(H,40,50)(H,41,48). The van der Waals surface area contributed by atoms with Crippen molar-refractivity contribution in [1.29, 1.82) is 0 Å². The molecule has 0 spiro atoms. The number of carbonyl (C=O) groups excluding carboxylic acids is 3. The first-order valence-corrected chi connectivity index (χ1v) is 16.7. The number of anilines is 2. The number of rotatable bonds is 9. The third-order valence-electron chi connectivity index (χ3n) is 9.01. The fourth-order valence-corrected chi connectivity index (χ4v) is 6.30. The second kappa shape index (κ2) is 15.0. The van der Waals surface area contributed by atoms with E-state index in [-0.39, 0.29) is 73.5 Å². The van der Waals surface area contributed by atoms with Gasteiger partial charge in [-0.05, 0) is 61.2 Å². The topological polar surface area (TPSA) is 143 Å². The molecule has 13 nitrogen and oxygen atoms in total. The molecule has 0 atom stereocenters. The van der Waals surface area contributed by atoms with Gasteiger partial charge in [0.05, 0.1) is 36.6 Å². The molecule has 17 heteroatoms. The minimum atomic E-state index is -4.54. The Morgan fingerprint density at radius 1 is 1.04 bits per heavy atom. The van der Waals surface area contributed by atoms with Crippen molar-refractivity contribution in [3.8, 4) is 0 Å². The molecule has 2 N–H and O–H groups in total. The molecule has 4 heterocycles. The summed E-state index contributed by atoms with van der Waals surface area (Å²) in [5.41, 5.74) is 0.472. The third kappa shape index (κ3) is 7.54. The number of alkyl halides is 3. The number of aryl methyl sites for hydroxylation is 1. The summed E-state index contributed by atoms with van der Waals surface area (Å²) in [6.07, 6.45) is -1.90. The van der Waals surface area contributed by atoms with Crippen LogP contribution in [0.3, 0.4) is 0 Å². The summed E-state index contributed by atoms with van der Waals surface area (Å²) >= 11 is 0. The van der Waals surface area contributed by atoms with Gasteiger partial charge in [0.15, 0.2) is 5.82 Å². The van der Waals surface area contributed by atoms with Crippen molar-refractivity contribution in [2.24, 2.45) is 0 Å². The molecule has 2 aromatic heterocycles. The minimum absolute atomic E-state index is 0.117. The van der Waals surface area contributed by atoms with Gasteiger partial charge in [-0.2, -0.15) is 22.7 Å². The molecular weight excluding hydrogens is 688 g/mol. The average molecular weight is 725 g/mol. The largest absolute Gasteiger partial charge is 0.416 e. The molecular formula is C35H36F4N8O5. The average Bonchev–Trinajstić information content (AvgIpc) is 3.59. The molecule has 0 bridgehead atoms. The van der Waals surface area contributed by atoms with Gasteiger partial charge >= 0.3 is 6.18 Å². The summed E-state index contributed by atoms with van der Waals surface area (Å²) in [5, 5.41) is 9.68. The van der Waals surface area contributed by atoms with Crippen LogP contribution in [-0.2, 0) is 33.5 Å². The molecule has 1 saturated heterocycles. The number of carbonyl (C=O) groups is 3. The number of nitrogens with zero attached hydrogens (tertiary/aromatic N) is 6. The third-order valence-corrected chi connectivity index (χ3v) is 9.01. The van der Waals surface area contributed by atoms with Crippen LogP contribution in [0, 0.1) is 12.7 Å². The van der Waals surface area contributed by atoms with E-state index in [2.05, 4.69) is 20.7 Å². The predicted octanol–water partition coefficient (Wildman–Crippen LogP) is 3.44. The van der Waals surface area contributed by atoms with Gasteiger partial charge in [0.1, 0.15) is 18.0 Å². The zero-order chi connectivity index (χ0) is 37.2. The lowest BCUT2D eigenvalue weighted by Crippen LogP contribution is -2.52. The number of halogens is 4. The number of hydrogen-bond donors (Lipinski definition) is 2. The highest BCUT2D eigenvalue weighted by Crippen LogP contribution is 2.32. The smallest absolute Gasteiger partial charge is 0.377 e. The molecule has 52 heavy (non-hydrogen) atoms. The number of benzene rings is 2. The van der Waals surface area contributed by atoms with Gasteiger partial charge in [-0.1, -0.05) is 25.1 Å². The maximum absolute atomic E-state index is 14.2. The van der Waals surface area contributed by atoms with Crippen LogP contribution in [0.15, 0.2) is 53.3 Å². The van der Waals surface area contributed by atoms with Crippen molar-refractivity contribution in [2.75, 3.05) is 56.2 Å². The Kier molecular flexibility index (Phi) is 10.4. The van der Waals surface area contributed by atoms with Crippen molar-refractivity contribution in [3.63, 3.8) is 0 Å². The molecule has 2 aliphatic rings. The highest BCUT2D eigenvalue weighted by Gasteiger charge is 2.32. The van der Waals surface area contributed by atoms with E-state index in [1.54, 1.807) is 4.57 Å². The van der Waals surface area contributed by atoms with Crippen molar-refractivity contribution in [2.45, 2.75) is 39.4 Å². The fourth-order valence-electron chi connectivity index (χ4n) is 6.30. The summed E-state index contributed by atoms with van der Waals surface area (Å²) in [5.74, 6) is -1.93. The first-order valence-electron chi connectivity index (χ1n) is 16.7. The molecule has 0 radical (unpaired) electrons. The molecule has 274 valence electrons. The summed E-state index contributed by atoms with van der Waals surface area (Å²) < 4.78 is 61.9. The number of nitrogens with one attached hydrogen (secondary N) is 2. The lowest BCUT2D eigenvalue weighted by atomic mass is 10.1. The van der Waals surface area contributed by atoms with Gasteiger partial charge in [0.2, 0.25) is 17.6 Å². The van der Waals surface area contributed by atoms with E-state index in [1.807, 2.05) is 17.9 Å². The van der Waals surface area contributed by atoms with Crippen LogP contribution in [0.1, 0.15) is 46.3 Å². The Morgan fingerprint density at radius 2 is 1.79 bits per heavy atom. The molecule has 2 aromatic carbocycles. The van der Waals surface area contributed by atoms with Crippen molar-refractivity contribution < 1.29 is 36.7 Å². The molecule has 0 unspecified atom stereocenters. The predicted molar refractivity (Wildman–Crippen MR) is 182 cm³/mol. The normalized spacial score (nSPS) is 15.1. The van der Waals surface area contributed by atoms with E-state index in [0.717, 1.165) is 28.3 Å². The lowest BCUT2D eigenvalue weighted by Gasteiger charge is -2.36. The van der Waals surface area contributed by atoms with Crippen LogP contribution >= 0.6 is 0 Å². The lowest BCUT2D eigenvalue weighted by molar-refractivity contribution is -0.137. The van der Waals surface area contributed by atoms with E-state index < -0.39 is 34.9 Å². The van der Waals surface area contributed by atoms with E-state index in [1.165, 1.54) is 36.1 Å². The van der Waals surface area contributed by atoms with Crippen molar-refractivity contribution >= 4 is 40.4 Å². The monoisotopic (exact) mass is 724 g/mol. The van der Waals surface area contributed by atoms with Gasteiger partial charge in [-0.25, -0.2) is 4.39 Å². The van der Waals surface area contributed by atoms with Crippen LogP contribution in [0.5, 0.6) is 0 Å². The number of fused-ring (bicyclic) bond motifs is 1. The van der Waals surface area contributed by atoms with Gasteiger partial charge in [-0.15, -0.1) is 5.10 Å². The van der Waals surface area contributed by atoms with Crippen LogP contribution in [0.4, 0.5) is 28.9 Å². The number of aromatic nitrogens is 4. The molecule has 2 aliphatic heterocycles. The van der Waals surface area contributed by atoms with Crippen molar-refractivity contribution in [1.82, 2.24) is 29.4 Å². The zero-order valence-electron chi connectivity index (χ0n) is 28.4. The molecule has 0 aliphatic carbocycles. The Morgan fingerprint density at radius 3 is 2.44 bits per heavy atom. The number of piperazine rings is 1. The van der Waals surface area contributed by atoms with Gasteiger partial charge < -0.3 is 29.7 Å². The number of hydrogen-bond acceptors (Lipinski definition) is 8. The SMILES string of the molecule is CCc1c(N2CCN(C(=O)CNC(=O)c3ccccc3F)CC2)c(=O)n2nc(C3=CCOCC3)nc2n1CC(=O)Nc1ccc(C(F)(F)F)cc1C. The van der Waals surface area contributed by atoms with E-state index in [9.17, 15) is 36.7 Å². The van der Waals surface area contributed by atoms with E-state index >= 15 is 0 Å². The minimum Gasteiger partial charge on any atom is -0.377 e. The van der Waals surface area contributed by atoms with Crippen LogP contribution in [0.25, 0.3) is 11.4 Å². The Labute approximate surface area is 294 Å². The highest BCUT2D eigenvalue weighted by molar-refractivity contribution is 5.96. The fraction of sp³-hybridized carbons (Fsp3) is 0.371. The number of amides is 3. The molecule has 1 fully saturated rings. The Hall–Kier alpha value is -5.58. The Bertz CT molecular complexity index is 2120. The first-order chi connectivity index (χ1) is 24.8. The quantitative estimate of drug-likeness (QED) is 0.250. The van der Waals surface area contributed by atoms with Crippen molar-refractivity contribution in [3.05, 3.63) is 92.9 Å². The summed E-state index contributed by atoms with van der Waals surface area (Å²) in [6, 6.07) is 8.49. The zero-order valence-corrected chi connectivity index (χ0v) is 28.4. The highest BCUT2D eigenvalue weighted by atomic mass is 19.4. The van der Waals surface area contributed by atoms with E-state index in [4.69, 9.17) is 4.74 Å². The van der Waals surface area contributed by atoms with Crippen LogP contribution in [-0.4, -0.2) is 87.7 Å². The van der Waals surface area contributed by atoms with Crippen LogP contribution < -0.4 is 21.1 Å². The number of ether oxygens (including phenoxy) is 1. The molecule has 0 saturated carbocycles. The second-order valence-electron chi connectivity index (χ2n) is 12.3. The second-order valence-corrected chi connectivity index (χ2v) is 12.3. The Balaban J connectivity index is 1.26. The van der Waals surface area contributed by atoms with Gasteiger partial charge in [0, 0.05) is 31.9 Å². The molecule has 6 rings (SSSR count). The maximum atomic E-state index is 14.2.